The summed E-state index contributed by atoms with van der Waals surface area (Å²) in [6, 6.07) is 12.9. The molecule has 0 radical (unpaired) electrons. The van der Waals surface area contributed by atoms with Gasteiger partial charge < -0.3 is 5.32 Å². The van der Waals surface area contributed by atoms with Gasteiger partial charge in [0.15, 0.2) is 0 Å². The molecule has 2 aromatic rings. The van der Waals surface area contributed by atoms with E-state index in [-0.39, 0.29) is 5.41 Å². The Kier molecular flexibility index (Phi) is 5.07. The summed E-state index contributed by atoms with van der Waals surface area (Å²) in [4.78, 5) is 8.61. The van der Waals surface area contributed by atoms with Crippen molar-refractivity contribution in [3.63, 3.8) is 0 Å². The van der Waals surface area contributed by atoms with Gasteiger partial charge in [-0.3, -0.25) is 0 Å². The molecule has 112 valence electrons. The first-order valence-electron chi connectivity index (χ1n) is 7.51. The monoisotopic (exact) mass is 283 g/mol. The summed E-state index contributed by atoms with van der Waals surface area (Å²) in [5, 5.41) is 3.65. The van der Waals surface area contributed by atoms with E-state index in [2.05, 4.69) is 66.4 Å². The highest BCUT2D eigenvalue weighted by atomic mass is 15.0. The lowest BCUT2D eigenvalue weighted by Crippen LogP contribution is -2.26. The minimum atomic E-state index is 0.273. The van der Waals surface area contributed by atoms with Gasteiger partial charge in [0.05, 0.1) is 5.69 Å². The molecule has 1 aromatic carbocycles. The van der Waals surface area contributed by atoms with E-state index in [1.807, 2.05) is 19.2 Å². The van der Waals surface area contributed by atoms with Gasteiger partial charge in [-0.2, -0.15) is 0 Å². The van der Waals surface area contributed by atoms with Crippen molar-refractivity contribution in [2.75, 3.05) is 0 Å². The molecule has 21 heavy (non-hydrogen) atoms. The van der Waals surface area contributed by atoms with E-state index in [0.29, 0.717) is 6.04 Å². The van der Waals surface area contributed by atoms with Crippen LogP contribution < -0.4 is 5.32 Å². The number of aromatic nitrogens is 2. The van der Waals surface area contributed by atoms with Crippen LogP contribution in [0.4, 0.5) is 0 Å². The van der Waals surface area contributed by atoms with Crippen LogP contribution in [0.15, 0.2) is 42.6 Å². The zero-order valence-corrected chi connectivity index (χ0v) is 13.4. The summed E-state index contributed by atoms with van der Waals surface area (Å²) in [6.45, 7) is 9.52. The molecular formula is C18H25N3. The van der Waals surface area contributed by atoms with Crippen LogP contribution in [0.25, 0.3) is 0 Å². The topological polar surface area (TPSA) is 37.8 Å². The zero-order valence-electron chi connectivity index (χ0n) is 13.4. The number of nitrogens with one attached hydrogen (secondary N) is 1. The van der Waals surface area contributed by atoms with Crippen molar-refractivity contribution in [2.24, 2.45) is 5.41 Å². The van der Waals surface area contributed by atoms with Crippen LogP contribution in [0.2, 0.25) is 0 Å². The van der Waals surface area contributed by atoms with Crippen molar-refractivity contribution in [1.29, 1.82) is 0 Å². The number of aryl methyl sites for hydroxylation is 1. The molecule has 2 rings (SSSR count). The Labute approximate surface area is 127 Å². The highest BCUT2D eigenvalue weighted by Gasteiger charge is 2.19. The maximum Gasteiger partial charge on any atom is 0.125 e. The Balaban J connectivity index is 2.09. The van der Waals surface area contributed by atoms with E-state index < -0.39 is 0 Å². The largest absolute Gasteiger partial charge is 0.304 e. The van der Waals surface area contributed by atoms with Gasteiger partial charge in [0.25, 0.3) is 0 Å². The standard InChI is InChI=1S/C18H25N3/c1-14-19-11-10-16(21-14)13-20-17(12-18(2,3)4)15-8-6-5-7-9-15/h5-11,17,20H,12-13H2,1-4H3. The van der Waals surface area contributed by atoms with Crippen LogP contribution >= 0.6 is 0 Å². The molecule has 3 nitrogen and oxygen atoms in total. The van der Waals surface area contributed by atoms with Crippen LogP contribution in [0.3, 0.4) is 0 Å². The average Bonchev–Trinajstić information content (AvgIpc) is 2.43. The van der Waals surface area contributed by atoms with Crippen LogP contribution in [0.5, 0.6) is 0 Å². The predicted molar refractivity (Wildman–Crippen MR) is 86.9 cm³/mol. The van der Waals surface area contributed by atoms with Gasteiger partial charge in [-0.15, -0.1) is 0 Å². The molecule has 0 spiro atoms. The fourth-order valence-electron chi connectivity index (χ4n) is 2.44. The first kappa shape index (κ1) is 15.6. The third-order valence-electron chi connectivity index (χ3n) is 3.38. The number of rotatable bonds is 5. The van der Waals surface area contributed by atoms with Gasteiger partial charge in [0, 0.05) is 18.8 Å². The van der Waals surface area contributed by atoms with Crippen molar-refractivity contribution in [1.82, 2.24) is 15.3 Å². The molecule has 1 heterocycles. The summed E-state index contributed by atoms with van der Waals surface area (Å²) in [7, 11) is 0. The van der Waals surface area contributed by atoms with Crippen molar-refractivity contribution in [3.8, 4) is 0 Å². The molecule has 0 fully saturated rings. The molecule has 0 aliphatic rings. The molecule has 0 aliphatic carbocycles. The quantitative estimate of drug-likeness (QED) is 0.899. The third-order valence-corrected chi connectivity index (χ3v) is 3.38. The molecule has 0 amide bonds. The SMILES string of the molecule is Cc1nccc(CNC(CC(C)(C)C)c2ccccc2)n1. The highest BCUT2D eigenvalue weighted by Crippen LogP contribution is 2.29. The summed E-state index contributed by atoms with van der Waals surface area (Å²) in [5.74, 6) is 0.821. The number of hydrogen-bond donors (Lipinski definition) is 1. The smallest absolute Gasteiger partial charge is 0.125 e. The fourth-order valence-corrected chi connectivity index (χ4v) is 2.44. The van der Waals surface area contributed by atoms with Crippen LogP contribution in [-0.4, -0.2) is 9.97 Å². The number of hydrogen-bond acceptors (Lipinski definition) is 3. The van der Waals surface area contributed by atoms with Crippen molar-refractivity contribution in [3.05, 3.63) is 59.7 Å². The van der Waals surface area contributed by atoms with Gasteiger partial charge in [0.2, 0.25) is 0 Å². The summed E-state index contributed by atoms with van der Waals surface area (Å²) >= 11 is 0. The Morgan fingerprint density at radius 2 is 1.81 bits per heavy atom. The van der Waals surface area contributed by atoms with Gasteiger partial charge in [-0.05, 0) is 30.4 Å². The molecule has 0 saturated carbocycles. The first-order valence-corrected chi connectivity index (χ1v) is 7.51. The molecule has 1 atom stereocenters. The summed E-state index contributed by atoms with van der Waals surface area (Å²) < 4.78 is 0. The molecule has 0 bridgehead atoms. The molecule has 1 aromatic heterocycles. The Hall–Kier alpha value is -1.74. The molecule has 0 aliphatic heterocycles. The minimum Gasteiger partial charge on any atom is -0.304 e. The lowest BCUT2D eigenvalue weighted by atomic mass is 9.85. The zero-order chi connectivity index (χ0) is 15.3. The molecular weight excluding hydrogens is 258 g/mol. The van der Waals surface area contributed by atoms with Gasteiger partial charge >= 0.3 is 0 Å². The second-order valence-electron chi connectivity index (χ2n) is 6.70. The Morgan fingerprint density at radius 1 is 1.10 bits per heavy atom. The van der Waals surface area contributed by atoms with Crippen molar-refractivity contribution >= 4 is 0 Å². The van der Waals surface area contributed by atoms with E-state index >= 15 is 0 Å². The van der Waals surface area contributed by atoms with Gasteiger partial charge in [0.1, 0.15) is 5.82 Å². The normalized spacial score (nSPS) is 13.1. The highest BCUT2D eigenvalue weighted by molar-refractivity contribution is 5.19. The summed E-state index contributed by atoms with van der Waals surface area (Å²) in [6.07, 6.45) is 2.90. The molecule has 0 saturated heterocycles. The van der Waals surface area contributed by atoms with Crippen molar-refractivity contribution in [2.45, 2.75) is 46.7 Å². The predicted octanol–water partition coefficient (Wildman–Crippen LogP) is 4.05. The third kappa shape index (κ3) is 5.27. The number of nitrogens with zero attached hydrogens (tertiary/aromatic N) is 2. The second-order valence-corrected chi connectivity index (χ2v) is 6.70. The van der Waals surface area contributed by atoms with E-state index in [1.54, 1.807) is 0 Å². The first-order chi connectivity index (χ1) is 9.94. The minimum absolute atomic E-state index is 0.273. The van der Waals surface area contributed by atoms with Crippen molar-refractivity contribution < 1.29 is 0 Å². The average molecular weight is 283 g/mol. The van der Waals surface area contributed by atoms with E-state index in [1.165, 1.54) is 5.56 Å². The summed E-state index contributed by atoms with van der Waals surface area (Å²) in [5.41, 5.74) is 2.64. The number of benzene rings is 1. The lowest BCUT2D eigenvalue weighted by molar-refractivity contribution is 0.309. The molecule has 3 heteroatoms. The van der Waals surface area contributed by atoms with Crippen LogP contribution in [0, 0.1) is 12.3 Å². The van der Waals surface area contributed by atoms with E-state index in [0.717, 1.165) is 24.5 Å². The second kappa shape index (κ2) is 6.81. The maximum atomic E-state index is 4.46. The maximum absolute atomic E-state index is 4.46. The van der Waals surface area contributed by atoms with Gasteiger partial charge in [-0.1, -0.05) is 51.1 Å². The van der Waals surface area contributed by atoms with E-state index in [9.17, 15) is 0 Å². The molecule has 1 unspecified atom stereocenters. The van der Waals surface area contributed by atoms with E-state index in [4.69, 9.17) is 0 Å². The Bertz CT molecular complexity index is 558. The molecule has 1 N–H and O–H groups in total. The van der Waals surface area contributed by atoms with Crippen LogP contribution in [0.1, 0.15) is 50.3 Å². The van der Waals surface area contributed by atoms with Crippen LogP contribution in [-0.2, 0) is 6.54 Å². The Morgan fingerprint density at radius 3 is 2.43 bits per heavy atom. The van der Waals surface area contributed by atoms with Gasteiger partial charge in [-0.25, -0.2) is 9.97 Å². The fraction of sp³-hybridized carbons (Fsp3) is 0.444. The lowest BCUT2D eigenvalue weighted by Gasteiger charge is -2.27.